The summed E-state index contributed by atoms with van der Waals surface area (Å²) >= 11 is 0. The maximum atomic E-state index is 6.04. The van der Waals surface area contributed by atoms with E-state index in [-0.39, 0.29) is 5.41 Å². The maximum absolute atomic E-state index is 6.04. The summed E-state index contributed by atoms with van der Waals surface area (Å²) in [5.74, 6) is 0. The van der Waals surface area contributed by atoms with Crippen LogP contribution in [0, 0.1) is 0 Å². The fourth-order valence-electron chi connectivity index (χ4n) is 7.15. The van der Waals surface area contributed by atoms with Crippen LogP contribution in [0.4, 0.5) is 11.4 Å². The van der Waals surface area contributed by atoms with Crippen LogP contribution in [0.25, 0.3) is 44.2 Å². The molecule has 6 aromatic carbocycles. The predicted molar refractivity (Wildman–Crippen MR) is 160 cm³/mol. The Morgan fingerprint density at radius 2 is 0.923 bits per heavy atom. The number of furan rings is 1. The number of fused-ring (bicyclic) bond motifs is 13. The van der Waals surface area contributed by atoms with E-state index >= 15 is 0 Å². The second-order valence-corrected chi connectivity index (χ2v) is 10.6. The summed E-state index contributed by atoms with van der Waals surface area (Å²) in [7, 11) is 0. The van der Waals surface area contributed by atoms with Crippen LogP contribution in [0.15, 0.2) is 138 Å². The fraction of sp³-hybridized carbons (Fsp3) is 0.0270. The quantitative estimate of drug-likeness (QED) is 0.257. The number of hydrogen-bond acceptors (Lipinski definition) is 2. The molecular weight excluding hydrogens is 474 g/mol. The summed E-state index contributed by atoms with van der Waals surface area (Å²) < 4.78 is 6.04. The molecule has 0 saturated carbocycles. The van der Waals surface area contributed by atoms with Gasteiger partial charge >= 0.3 is 0 Å². The van der Waals surface area contributed by atoms with Gasteiger partial charge in [-0.15, -0.1) is 0 Å². The van der Waals surface area contributed by atoms with Crippen molar-refractivity contribution in [1.82, 2.24) is 0 Å². The minimum absolute atomic E-state index is 0.299. The minimum Gasteiger partial charge on any atom is -0.456 e. The molecule has 182 valence electrons. The highest BCUT2D eigenvalue weighted by molar-refractivity contribution is 6.06. The second kappa shape index (κ2) is 7.49. The van der Waals surface area contributed by atoms with Crippen molar-refractivity contribution in [3.05, 3.63) is 156 Å². The van der Waals surface area contributed by atoms with Crippen LogP contribution in [0.5, 0.6) is 0 Å². The molecule has 0 unspecified atom stereocenters. The van der Waals surface area contributed by atoms with E-state index in [1.807, 2.05) is 12.1 Å². The molecule has 0 saturated heterocycles. The lowest BCUT2D eigenvalue weighted by Crippen LogP contribution is -2.25. The molecule has 0 atom stereocenters. The highest BCUT2D eigenvalue weighted by Gasteiger charge is 2.51. The monoisotopic (exact) mass is 497 g/mol. The van der Waals surface area contributed by atoms with E-state index < -0.39 is 0 Å². The summed E-state index contributed by atoms with van der Waals surface area (Å²) in [4.78, 5) is 0. The van der Waals surface area contributed by atoms with Crippen molar-refractivity contribution in [2.45, 2.75) is 5.41 Å². The molecule has 7 aromatic rings. The molecule has 1 N–H and O–H groups in total. The van der Waals surface area contributed by atoms with E-state index in [9.17, 15) is 0 Å². The largest absolute Gasteiger partial charge is 0.456 e. The van der Waals surface area contributed by atoms with Crippen molar-refractivity contribution in [2.75, 3.05) is 5.32 Å². The maximum Gasteiger partial charge on any atom is 0.135 e. The molecule has 2 aliphatic rings. The highest BCUT2D eigenvalue weighted by atomic mass is 16.3. The van der Waals surface area contributed by atoms with Crippen LogP contribution in [-0.2, 0) is 5.41 Å². The molecule has 0 bridgehead atoms. The number of para-hydroxylation sites is 1. The Bertz CT molecular complexity index is 2070. The number of nitrogens with one attached hydrogen (secondary N) is 1. The Hall–Kier alpha value is -5.08. The van der Waals surface area contributed by atoms with E-state index in [0.29, 0.717) is 0 Å². The van der Waals surface area contributed by atoms with Gasteiger partial charge in [0.2, 0.25) is 0 Å². The molecule has 2 aliphatic carbocycles. The minimum atomic E-state index is -0.299. The van der Waals surface area contributed by atoms with Crippen molar-refractivity contribution in [2.24, 2.45) is 0 Å². The van der Waals surface area contributed by atoms with Gasteiger partial charge in [-0.2, -0.15) is 0 Å². The van der Waals surface area contributed by atoms with Crippen molar-refractivity contribution in [3.63, 3.8) is 0 Å². The third kappa shape index (κ3) is 2.65. The predicted octanol–water partition coefficient (Wildman–Crippen LogP) is 9.67. The lowest BCUT2D eigenvalue weighted by molar-refractivity contribution is 0.669. The number of anilines is 2. The normalized spacial score (nSPS) is 13.8. The summed E-state index contributed by atoms with van der Waals surface area (Å²) in [6.45, 7) is 0. The Labute approximate surface area is 226 Å². The van der Waals surface area contributed by atoms with Crippen LogP contribution in [0.2, 0.25) is 0 Å². The third-order valence-corrected chi connectivity index (χ3v) is 8.66. The van der Waals surface area contributed by atoms with Crippen molar-refractivity contribution in [3.8, 4) is 22.3 Å². The van der Waals surface area contributed by atoms with Crippen LogP contribution in [0.3, 0.4) is 0 Å². The van der Waals surface area contributed by atoms with Crippen LogP contribution >= 0.6 is 0 Å². The molecule has 1 heterocycles. The standard InChI is InChI=1S/C37H23NO/c1-5-13-31-25(9-1)26-10-2-6-14-32(26)37(31)33-15-7-3-11-27(33)29-21-23(17-19-34(29)37)38-24-18-20-36-30(22-24)28-12-4-8-16-35(28)39-36/h1-22,38H. The Morgan fingerprint density at radius 1 is 0.410 bits per heavy atom. The fourth-order valence-corrected chi connectivity index (χ4v) is 7.15. The molecule has 0 amide bonds. The molecule has 9 rings (SSSR count). The molecule has 1 aromatic heterocycles. The Balaban J connectivity index is 1.23. The Morgan fingerprint density at radius 3 is 1.64 bits per heavy atom. The first-order valence-electron chi connectivity index (χ1n) is 13.4. The van der Waals surface area contributed by atoms with Gasteiger partial charge < -0.3 is 9.73 Å². The highest BCUT2D eigenvalue weighted by Crippen LogP contribution is 2.62. The van der Waals surface area contributed by atoms with E-state index in [1.165, 1.54) is 44.5 Å². The van der Waals surface area contributed by atoms with Gasteiger partial charge in [-0.1, -0.05) is 97.1 Å². The topological polar surface area (TPSA) is 25.2 Å². The van der Waals surface area contributed by atoms with Gasteiger partial charge in [-0.05, 0) is 80.9 Å². The molecule has 1 spiro atoms. The van der Waals surface area contributed by atoms with E-state index in [4.69, 9.17) is 4.42 Å². The molecule has 0 radical (unpaired) electrons. The number of benzene rings is 6. The number of rotatable bonds is 2. The van der Waals surface area contributed by atoms with Gasteiger partial charge in [0.05, 0.1) is 5.41 Å². The molecule has 2 heteroatoms. The van der Waals surface area contributed by atoms with E-state index in [2.05, 4.69) is 127 Å². The zero-order chi connectivity index (χ0) is 25.6. The summed E-state index contributed by atoms with van der Waals surface area (Å²) in [6, 6.07) is 48.2. The summed E-state index contributed by atoms with van der Waals surface area (Å²) in [5, 5.41) is 5.95. The van der Waals surface area contributed by atoms with Gasteiger partial charge in [0.25, 0.3) is 0 Å². The van der Waals surface area contributed by atoms with Crippen LogP contribution < -0.4 is 5.32 Å². The molecular formula is C37H23NO. The second-order valence-electron chi connectivity index (χ2n) is 10.6. The first kappa shape index (κ1) is 20.9. The van der Waals surface area contributed by atoms with Crippen LogP contribution in [0.1, 0.15) is 22.3 Å². The van der Waals surface area contributed by atoms with Gasteiger partial charge in [0, 0.05) is 22.1 Å². The first-order chi connectivity index (χ1) is 19.3. The molecule has 0 aliphatic heterocycles. The van der Waals surface area contributed by atoms with Crippen molar-refractivity contribution >= 4 is 33.3 Å². The molecule has 0 fully saturated rings. The smallest absolute Gasteiger partial charge is 0.135 e. The molecule has 2 nitrogen and oxygen atoms in total. The van der Waals surface area contributed by atoms with Gasteiger partial charge in [-0.25, -0.2) is 0 Å². The first-order valence-corrected chi connectivity index (χ1v) is 13.4. The van der Waals surface area contributed by atoms with E-state index in [0.717, 1.165) is 33.3 Å². The average Bonchev–Trinajstić information content (AvgIpc) is 3.61. The Kier molecular flexibility index (Phi) is 4.02. The SMILES string of the molecule is c1ccc2c(c1)-c1ccccc1C21c2ccccc2-c2cc(Nc3ccc4oc5ccccc5c4c3)ccc21. The zero-order valence-electron chi connectivity index (χ0n) is 21.1. The average molecular weight is 498 g/mol. The van der Waals surface area contributed by atoms with Gasteiger partial charge in [-0.3, -0.25) is 0 Å². The summed E-state index contributed by atoms with van der Waals surface area (Å²) in [5.41, 5.74) is 14.4. The zero-order valence-corrected chi connectivity index (χ0v) is 21.1. The van der Waals surface area contributed by atoms with Gasteiger partial charge in [0.15, 0.2) is 0 Å². The number of hydrogen-bond donors (Lipinski definition) is 1. The van der Waals surface area contributed by atoms with Gasteiger partial charge in [0.1, 0.15) is 11.2 Å². The lowest BCUT2D eigenvalue weighted by atomic mass is 9.70. The van der Waals surface area contributed by atoms with Crippen molar-refractivity contribution < 1.29 is 4.42 Å². The third-order valence-electron chi connectivity index (χ3n) is 8.66. The van der Waals surface area contributed by atoms with E-state index in [1.54, 1.807) is 0 Å². The van der Waals surface area contributed by atoms with Crippen molar-refractivity contribution in [1.29, 1.82) is 0 Å². The van der Waals surface area contributed by atoms with Crippen LogP contribution in [-0.4, -0.2) is 0 Å². The summed E-state index contributed by atoms with van der Waals surface area (Å²) in [6.07, 6.45) is 0. The lowest BCUT2D eigenvalue weighted by Gasteiger charge is -2.30. The molecule has 39 heavy (non-hydrogen) atoms.